The van der Waals surface area contributed by atoms with Crippen molar-refractivity contribution in [2.75, 3.05) is 13.1 Å². The van der Waals surface area contributed by atoms with E-state index in [1.807, 2.05) is 0 Å². The Labute approximate surface area is 170 Å². The molecule has 0 atom stereocenters. The molecule has 2 aromatic carbocycles. The van der Waals surface area contributed by atoms with E-state index in [-0.39, 0.29) is 29.7 Å². The molecule has 0 bridgehead atoms. The van der Waals surface area contributed by atoms with E-state index in [1.54, 1.807) is 12.1 Å². The fourth-order valence-electron chi connectivity index (χ4n) is 3.20. The van der Waals surface area contributed by atoms with Crippen molar-refractivity contribution in [2.45, 2.75) is 23.8 Å². The molecule has 0 radical (unpaired) electrons. The highest BCUT2D eigenvalue weighted by atomic mass is 32.2. The number of piperidine rings is 1. The Hall–Kier alpha value is -2.56. The van der Waals surface area contributed by atoms with Crippen molar-refractivity contribution in [3.63, 3.8) is 0 Å². The summed E-state index contributed by atoms with van der Waals surface area (Å²) in [4.78, 5) is 15.4. The maximum Gasteiger partial charge on any atom is 0.335 e. The van der Waals surface area contributed by atoms with Crippen LogP contribution < -0.4 is 4.74 Å². The number of aromatic carboxylic acids is 1. The maximum atomic E-state index is 13.4. The molecule has 0 saturated carbocycles. The fraction of sp³-hybridized carbons (Fsp3) is 0.263. The van der Waals surface area contributed by atoms with Gasteiger partial charge in [0, 0.05) is 13.1 Å². The molecule has 1 saturated heterocycles. The molecule has 0 amide bonds. The average molecular weight is 436 g/mol. The van der Waals surface area contributed by atoms with E-state index >= 15 is 0 Å². The highest BCUT2D eigenvalue weighted by molar-refractivity contribution is 7.89. The number of hydrogen-bond acceptors (Lipinski definition) is 6. The van der Waals surface area contributed by atoms with E-state index in [4.69, 9.17) is 9.84 Å². The van der Waals surface area contributed by atoms with Crippen LogP contribution in [0, 0.1) is 5.82 Å². The quantitative estimate of drug-likeness (QED) is 0.659. The van der Waals surface area contributed by atoms with Crippen molar-refractivity contribution in [2.24, 2.45) is 0 Å². The lowest BCUT2D eigenvalue weighted by molar-refractivity contribution is 0.0697. The monoisotopic (exact) mass is 436 g/mol. The van der Waals surface area contributed by atoms with Crippen molar-refractivity contribution in [1.82, 2.24) is 9.29 Å². The molecule has 7 nitrogen and oxygen atoms in total. The first-order valence-corrected chi connectivity index (χ1v) is 11.1. The molecule has 0 spiro atoms. The summed E-state index contributed by atoms with van der Waals surface area (Å²) in [6.45, 7) is 0.523. The molecule has 29 heavy (non-hydrogen) atoms. The number of carboxylic acid groups (broad SMARTS) is 1. The van der Waals surface area contributed by atoms with Crippen molar-refractivity contribution in [3.05, 3.63) is 53.8 Å². The van der Waals surface area contributed by atoms with Crippen LogP contribution in [0.1, 0.15) is 23.2 Å². The highest BCUT2D eigenvalue weighted by Crippen LogP contribution is 2.31. The molecule has 1 aliphatic heterocycles. The second kappa shape index (κ2) is 7.69. The summed E-state index contributed by atoms with van der Waals surface area (Å²) in [5.41, 5.74) is 0.838. The molecule has 4 rings (SSSR count). The number of carboxylic acids is 1. The van der Waals surface area contributed by atoms with Crippen molar-refractivity contribution < 1.29 is 27.4 Å². The minimum Gasteiger partial charge on any atom is -0.478 e. The number of benzene rings is 2. The Kier molecular flexibility index (Phi) is 5.24. The summed E-state index contributed by atoms with van der Waals surface area (Å²) in [7, 11) is -3.75. The van der Waals surface area contributed by atoms with Crippen molar-refractivity contribution in [1.29, 1.82) is 0 Å². The number of halogens is 1. The number of carbonyl (C=O) groups is 1. The van der Waals surface area contributed by atoms with Crippen LogP contribution in [0.25, 0.3) is 10.2 Å². The van der Waals surface area contributed by atoms with Gasteiger partial charge >= 0.3 is 5.97 Å². The third kappa shape index (κ3) is 4.09. The molecular weight excluding hydrogens is 419 g/mol. The molecule has 3 aromatic rings. The molecule has 10 heteroatoms. The van der Waals surface area contributed by atoms with Gasteiger partial charge in [-0.05, 0) is 49.2 Å². The Morgan fingerprint density at radius 3 is 2.66 bits per heavy atom. The summed E-state index contributed by atoms with van der Waals surface area (Å²) >= 11 is 1.26. The van der Waals surface area contributed by atoms with Crippen LogP contribution in [0.2, 0.25) is 0 Å². The van der Waals surface area contributed by atoms with Gasteiger partial charge in [-0.15, -0.1) is 0 Å². The molecule has 1 fully saturated rings. The van der Waals surface area contributed by atoms with Gasteiger partial charge in [0.15, 0.2) is 0 Å². The molecule has 0 aliphatic carbocycles. The SMILES string of the molecule is O=C(O)c1ccc2nc(OC3CCN(S(=O)(=O)c4cccc(F)c4)CC3)sc2c1. The van der Waals surface area contributed by atoms with Crippen LogP contribution in [-0.4, -0.2) is 48.0 Å². The number of rotatable bonds is 5. The number of ether oxygens (including phenoxy) is 1. The molecular formula is C19H17FN2O5S2. The summed E-state index contributed by atoms with van der Waals surface area (Å²) in [5.74, 6) is -1.60. The number of hydrogen-bond donors (Lipinski definition) is 1. The lowest BCUT2D eigenvalue weighted by atomic mass is 10.1. The zero-order valence-electron chi connectivity index (χ0n) is 15.1. The average Bonchev–Trinajstić information content (AvgIpc) is 3.09. The maximum absolute atomic E-state index is 13.4. The number of nitrogens with zero attached hydrogens (tertiary/aromatic N) is 2. The molecule has 2 heterocycles. The molecule has 0 unspecified atom stereocenters. The number of aromatic nitrogens is 1. The minimum atomic E-state index is -3.75. The number of thiazole rings is 1. The first-order valence-electron chi connectivity index (χ1n) is 8.89. The Morgan fingerprint density at radius 1 is 1.21 bits per heavy atom. The van der Waals surface area contributed by atoms with Crippen LogP contribution in [-0.2, 0) is 10.0 Å². The Balaban J connectivity index is 1.42. The normalized spacial score (nSPS) is 16.2. The van der Waals surface area contributed by atoms with Crippen LogP contribution in [0.3, 0.4) is 0 Å². The van der Waals surface area contributed by atoms with Gasteiger partial charge in [0.1, 0.15) is 11.9 Å². The van der Waals surface area contributed by atoms with Gasteiger partial charge in [-0.25, -0.2) is 22.6 Å². The van der Waals surface area contributed by atoms with Crippen molar-refractivity contribution in [3.8, 4) is 5.19 Å². The predicted octanol–water partition coefficient (Wildman–Crippen LogP) is 3.37. The van der Waals surface area contributed by atoms with Crippen LogP contribution >= 0.6 is 11.3 Å². The van der Waals surface area contributed by atoms with E-state index in [0.29, 0.717) is 28.3 Å². The third-order valence-corrected chi connectivity index (χ3v) is 7.52. The molecule has 1 N–H and O–H groups in total. The van der Waals surface area contributed by atoms with Gasteiger partial charge in [-0.1, -0.05) is 17.4 Å². The predicted molar refractivity (Wildman–Crippen MR) is 105 cm³/mol. The Morgan fingerprint density at radius 2 is 1.97 bits per heavy atom. The van der Waals surface area contributed by atoms with E-state index in [9.17, 15) is 17.6 Å². The highest BCUT2D eigenvalue weighted by Gasteiger charge is 2.30. The van der Waals surface area contributed by atoms with E-state index in [0.717, 1.165) is 6.07 Å². The van der Waals surface area contributed by atoms with Gasteiger partial charge in [0.25, 0.3) is 5.19 Å². The summed E-state index contributed by atoms with van der Waals surface area (Å²) in [6.07, 6.45) is 0.754. The second-order valence-corrected chi connectivity index (χ2v) is 9.58. The van der Waals surface area contributed by atoms with Gasteiger partial charge in [0.05, 0.1) is 20.7 Å². The summed E-state index contributed by atoms with van der Waals surface area (Å²) < 4.78 is 46.7. The standard InChI is InChI=1S/C19H17FN2O5S2/c20-13-2-1-3-15(11-13)29(25,26)22-8-6-14(7-9-22)27-19-21-16-5-4-12(18(23)24)10-17(16)28-19/h1-5,10-11,14H,6-9H2,(H,23,24). The summed E-state index contributed by atoms with van der Waals surface area (Å²) in [6, 6.07) is 9.66. The van der Waals surface area contributed by atoms with Gasteiger partial charge in [0.2, 0.25) is 10.0 Å². The lowest BCUT2D eigenvalue weighted by Gasteiger charge is -2.30. The van der Waals surface area contributed by atoms with Crippen LogP contribution in [0.15, 0.2) is 47.4 Å². The molecule has 152 valence electrons. The Bertz CT molecular complexity index is 1170. The van der Waals surface area contributed by atoms with Gasteiger partial charge < -0.3 is 9.84 Å². The summed E-state index contributed by atoms with van der Waals surface area (Å²) in [5, 5.41) is 9.50. The fourth-order valence-corrected chi connectivity index (χ4v) is 5.62. The largest absolute Gasteiger partial charge is 0.478 e. The van der Waals surface area contributed by atoms with Crippen molar-refractivity contribution >= 4 is 37.5 Å². The van der Waals surface area contributed by atoms with E-state index in [1.165, 1.54) is 39.9 Å². The lowest BCUT2D eigenvalue weighted by Crippen LogP contribution is -2.41. The van der Waals surface area contributed by atoms with Crippen LogP contribution in [0.4, 0.5) is 4.39 Å². The van der Waals surface area contributed by atoms with E-state index < -0.39 is 21.8 Å². The zero-order valence-corrected chi connectivity index (χ0v) is 16.7. The van der Waals surface area contributed by atoms with Gasteiger partial charge in [-0.3, -0.25) is 0 Å². The first kappa shape index (κ1) is 19.7. The van der Waals surface area contributed by atoms with Crippen LogP contribution in [0.5, 0.6) is 5.19 Å². The zero-order chi connectivity index (χ0) is 20.6. The molecule has 1 aliphatic rings. The molecule has 1 aromatic heterocycles. The van der Waals surface area contributed by atoms with E-state index in [2.05, 4.69) is 4.98 Å². The van der Waals surface area contributed by atoms with Gasteiger partial charge in [-0.2, -0.15) is 4.31 Å². The second-order valence-electron chi connectivity index (χ2n) is 6.65. The third-order valence-electron chi connectivity index (χ3n) is 4.72. The number of sulfonamides is 1. The number of fused-ring (bicyclic) bond motifs is 1. The topological polar surface area (TPSA) is 96.8 Å². The first-order chi connectivity index (χ1) is 13.8. The smallest absolute Gasteiger partial charge is 0.335 e. The minimum absolute atomic E-state index is 0.0581.